The predicted molar refractivity (Wildman–Crippen MR) is 56.0 cm³/mol. The fourth-order valence-corrected chi connectivity index (χ4v) is 1.92. The van der Waals surface area contributed by atoms with Crippen LogP contribution in [0.2, 0.25) is 0 Å². The molecule has 3 heteroatoms. The maximum absolute atomic E-state index is 9.30. The zero-order valence-corrected chi connectivity index (χ0v) is 8.19. The van der Waals surface area contributed by atoms with Crippen molar-refractivity contribution in [2.45, 2.75) is 19.0 Å². The van der Waals surface area contributed by atoms with Gasteiger partial charge in [-0.25, -0.2) is 0 Å². The molecule has 76 valence electrons. The molecule has 1 fully saturated rings. The second-order valence-electron chi connectivity index (χ2n) is 3.95. The highest BCUT2D eigenvalue weighted by Gasteiger charge is 2.18. The Labute approximate surface area is 84.1 Å². The third kappa shape index (κ3) is 2.25. The fraction of sp³-hybridized carbons (Fsp3) is 0.455. The molecule has 3 N–H and O–H groups in total. The van der Waals surface area contributed by atoms with Crippen LogP contribution in [0.5, 0.6) is 5.75 Å². The van der Waals surface area contributed by atoms with E-state index in [1.807, 2.05) is 18.2 Å². The van der Waals surface area contributed by atoms with E-state index in [1.54, 1.807) is 6.07 Å². The summed E-state index contributed by atoms with van der Waals surface area (Å²) in [6, 6.07) is 7.74. The Morgan fingerprint density at radius 1 is 1.50 bits per heavy atom. The van der Waals surface area contributed by atoms with Crippen LogP contribution in [-0.2, 0) is 6.54 Å². The Kier molecular flexibility index (Phi) is 2.70. The monoisotopic (exact) mass is 192 g/mol. The number of likely N-dealkylation sites (tertiary alicyclic amines) is 1. The number of rotatable bonds is 2. The van der Waals surface area contributed by atoms with Crippen molar-refractivity contribution in [2.75, 3.05) is 13.1 Å². The smallest absolute Gasteiger partial charge is 0.115 e. The van der Waals surface area contributed by atoms with Gasteiger partial charge in [-0.3, -0.25) is 4.90 Å². The van der Waals surface area contributed by atoms with E-state index in [0.29, 0.717) is 11.8 Å². The minimum atomic E-state index is 0.326. The van der Waals surface area contributed by atoms with Crippen LogP contribution in [0.1, 0.15) is 12.0 Å². The lowest BCUT2D eigenvalue weighted by atomic mass is 10.2. The van der Waals surface area contributed by atoms with Gasteiger partial charge in [0, 0.05) is 25.7 Å². The first-order valence-corrected chi connectivity index (χ1v) is 5.00. The zero-order chi connectivity index (χ0) is 9.97. The van der Waals surface area contributed by atoms with Gasteiger partial charge in [0.05, 0.1) is 0 Å². The number of hydrogen-bond acceptors (Lipinski definition) is 3. The number of nitrogens with two attached hydrogens (primary N) is 1. The van der Waals surface area contributed by atoms with Gasteiger partial charge in [0.25, 0.3) is 0 Å². The maximum Gasteiger partial charge on any atom is 0.115 e. The first-order chi connectivity index (χ1) is 6.74. The van der Waals surface area contributed by atoms with Gasteiger partial charge in [0.2, 0.25) is 0 Å². The minimum absolute atomic E-state index is 0.326. The van der Waals surface area contributed by atoms with Gasteiger partial charge in [-0.2, -0.15) is 0 Å². The first-order valence-electron chi connectivity index (χ1n) is 5.00. The van der Waals surface area contributed by atoms with E-state index in [9.17, 15) is 5.11 Å². The average Bonchev–Trinajstić information content (AvgIpc) is 2.51. The highest BCUT2D eigenvalue weighted by atomic mass is 16.3. The molecule has 1 aliphatic heterocycles. The van der Waals surface area contributed by atoms with Crippen molar-refractivity contribution in [2.24, 2.45) is 5.73 Å². The molecule has 0 amide bonds. The molecule has 1 aliphatic rings. The van der Waals surface area contributed by atoms with Crippen molar-refractivity contribution in [3.63, 3.8) is 0 Å². The number of phenolic OH excluding ortho intramolecular Hbond substituents is 1. The Hall–Kier alpha value is -1.06. The van der Waals surface area contributed by atoms with E-state index in [-0.39, 0.29) is 0 Å². The van der Waals surface area contributed by atoms with Crippen LogP contribution in [0.15, 0.2) is 24.3 Å². The summed E-state index contributed by atoms with van der Waals surface area (Å²) in [4.78, 5) is 2.32. The van der Waals surface area contributed by atoms with Crippen molar-refractivity contribution in [1.29, 1.82) is 0 Å². The van der Waals surface area contributed by atoms with Crippen molar-refractivity contribution in [1.82, 2.24) is 4.90 Å². The Morgan fingerprint density at radius 2 is 2.36 bits per heavy atom. The molecule has 14 heavy (non-hydrogen) atoms. The largest absolute Gasteiger partial charge is 0.508 e. The van der Waals surface area contributed by atoms with Crippen LogP contribution in [0, 0.1) is 0 Å². The summed E-state index contributed by atoms with van der Waals surface area (Å²) in [5.74, 6) is 0.339. The molecule has 2 rings (SSSR count). The predicted octanol–water partition coefficient (Wildman–Crippen LogP) is 0.925. The van der Waals surface area contributed by atoms with Crippen LogP contribution >= 0.6 is 0 Å². The molecule has 3 nitrogen and oxygen atoms in total. The summed E-state index contributed by atoms with van der Waals surface area (Å²) < 4.78 is 0. The van der Waals surface area contributed by atoms with Crippen molar-refractivity contribution < 1.29 is 5.11 Å². The van der Waals surface area contributed by atoms with Crippen LogP contribution < -0.4 is 5.73 Å². The average molecular weight is 192 g/mol. The summed E-state index contributed by atoms with van der Waals surface area (Å²) in [6.07, 6.45) is 1.08. The van der Waals surface area contributed by atoms with Gasteiger partial charge >= 0.3 is 0 Å². The quantitative estimate of drug-likeness (QED) is 0.732. The van der Waals surface area contributed by atoms with Crippen LogP contribution in [0.4, 0.5) is 0 Å². The molecule has 1 aromatic carbocycles. The Morgan fingerprint density at radius 3 is 3.00 bits per heavy atom. The van der Waals surface area contributed by atoms with Gasteiger partial charge in [-0.1, -0.05) is 12.1 Å². The van der Waals surface area contributed by atoms with Gasteiger partial charge in [-0.05, 0) is 24.1 Å². The molecule has 1 heterocycles. The molecular formula is C11H16N2O. The van der Waals surface area contributed by atoms with Gasteiger partial charge < -0.3 is 10.8 Å². The van der Waals surface area contributed by atoms with Gasteiger partial charge in [0.15, 0.2) is 0 Å². The summed E-state index contributed by atoms with van der Waals surface area (Å²) in [7, 11) is 0. The second kappa shape index (κ2) is 3.98. The minimum Gasteiger partial charge on any atom is -0.508 e. The maximum atomic E-state index is 9.30. The summed E-state index contributed by atoms with van der Waals surface area (Å²) >= 11 is 0. The van der Waals surface area contributed by atoms with E-state index < -0.39 is 0 Å². The third-order valence-corrected chi connectivity index (χ3v) is 2.63. The molecular weight excluding hydrogens is 176 g/mol. The van der Waals surface area contributed by atoms with Crippen LogP contribution in [0.25, 0.3) is 0 Å². The lowest BCUT2D eigenvalue weighted by Crippen LogP contribution is -2.26. The molecule has 0 radical (unpaired) electrons. The number of aromatic hydroxyl groups is 1. The molecule has 0 bridgehead atoms. The number of benzene rings is 1. The van der Waals surface area contributed by atoms with Gasteiger partial charge in [0.1, 0.15) is 5.75 Å². The summed E-state index contributed by atoms with van der Waals surface area (Å²) in [5, 5.41) is 9.30. The lowest BCUT2D eigenvalue weighted by molar-refractivity contribution is 0.326. The first kappa shape index (κ1) is 9.49. The summed E-state index contributed by atoms with van der Waals surface area (Å²) in [5.41, 5.74) is 6.97. The van der Waals surface area contributed by atoms with E-state index in [1.165, 1.54) is 0 Å². The molecule has 0 aliphatic carbocycles. The standard InChI is InChI=1S/C11H16N2O/c12-10-4-5-13(8-10)7-9-2-1-3-11(14)6-9/h1-3,6,10,14H,4-5,7-8,12H2/t10-/m0/s1. The summed E-state index contributed by atoms with van der Waals surface area (Å²) in [6.45, 7) is 2.93. The van der Waals surface area contributed by atoms with Crippen LogP contribution in [0.3, 0.4) is 0 Å². The highest BCUT2D eigenvalue weighted by molar-refractivity contribution is 5.27. The van der Waals surface area contributed by atoms with E-state index in [2.05, 4.69) is 4.90 Å². The molecule has 0 spiro atoms. The van der Waals surface area contributed by atoms with E-state index in [0.717, 1.165) is 31.6 Å². The number of phenols is 1. The molecule has 0 unspecified atom stereocenters. The molecule has 1 aromatic rings. The number of nitrogens with zero attached hydrogens (tertiary/aromatic N) is 1. The topological polar surface area (TPSA) is 49.5 Å². The normalized spacial score (nSPS) is 22.8. The second-order valence-corrected chi connectivity index (χ2v) is 3.95. The molecule has 1 atom stereocenters. The fourth-order valence-electron chi connectivity index (χ4n) is 1.92. The highest BCUT2D eigenvalue weighted by Crippen LogP contribution is 2.15. The van der Waals surface area contributed by atoms with Crippen molar-refractivity contribution >= 4 is 0 Å². The Bertz CT molecular complexity index is 314. The molecule has 1 saturated heterocycles. The van der Waals surface area contributed by atoms with E-state index in [4.69, 9.17) is 5.73 Å². The van der Waals surface area contributed by atoms with E-state index >= 15 is 0 Å². The van der Waals surface area contributed by atoms with Gasteiger partial charge in [-0.15, -0.1) is 0 Å². The van der Waals surface area contributed by atoms with Crippen molar-refractivity contribution in [3.05, 3.63) is 29.8 Å². The third-order valence-electron chi connectivity index (χ3n) is 2.63. The SMILES string of the molecule is N[C@H]1CCN(Cc2cccc(O)c2)C1. The molecule has 0 saturated carbocycles. The molecule has 0 aromatic heterocycles. The lowest BCUT2D eigenvalue weighted by Gasteiger charge is -2.14. The van der Waals surface area contributed by atoms with Crippen LogP contribution in [-0.4, -0.2) is 29.1 Å². The van der Waals surface area contributed by atoms with Crippen molar-refractivity contribution in [3.8, 4) is 5.75 Å². The Balaban J connectivity index is 1.97. The number of hydrogen-bond donors (Lipinski definition) is 2. The zero-order valence-electron chi connectivity index (χ0n) is 8.19.